The third-order valence-electron chi connectivity index (χ3n) is 4.48. The Labute approximate surface area is 183 Å². The molecule has 0 saturated carbocycles. The highest BCUT2D eigenvalue weighted by molar-refractivity contribution is 7.90. The third kappa shape index (κ3) is 4.35. The van der Waals surface area contributed by atoms with E-state index >= 15 is 0 Å². The van der Waals surface area contributed by atoms with Crippen LogP contribution in [0.1, 0.15) is 6.92 Å². The minimum Gasteiger partial charge on any atom is -0.497 e. The number of thiophene rings is 1. The van der Waals surface area contributed by atoms with Crippen molar-refractivity contribution in [3.8, 4) is 16.9 Å². The summed E-state index contributed by atoms with van der Waals surface area (Å²) in [6.07, 6.45) is 1.48. The molecule has 4 rings (SSSR count). The summed E-state index contributed by atoms with van der Waals surface area (Å²) in [4.78, 5) is 20.7. The summed E-state index contributed by atoms with van der Waals surface area (Å²) < 4.78 is 31.4. The van der Waals surface area contributed by atoms with Crippen LogP contribution in [0.15, 0.2) is 65.1 Å². The topological polar surface area (TPSA) is 110 Å². The number of carbonyl (C=O) groups excluding carboxylic acids is 1. The molecule has 31 heavy (non-hydrogen) atoms. The van der Waals surface area contributed by atoms with E-state index in [9.17, 15) is 13.2 Å². The first-order valence-corrected chi connectivity index (χ1v) is 11.5. The van der Waals surface area contributed by atoms with Gasteiger partial charge in [-0.05, 0) is 42.0 Å². The Balaban J connectivity index is 1.67. The molecule has 2 aromatic heterocycles. The van der Waals surface area contributed by atoms with Crippen LogP contribution in [0.4, 0.5) is 11.5 Å². The molecule has 4 aromatic rings. The smallest absolute Gasteiger partial charge is 0.264 e. The van der Waals surface area contributed by atoms with Crippen molar-refractivity contribution in [1.29, 1.82) is 0 Å². The lowest BCUT2D eigenvalue weighted by atomic mass is 10.1. The maximum atomic E-state index is 12.1. The number of anilines is 2. The van der Waals surface area contributed by atoms with Crippen molar-refractivity contribution in [3.05, 3.63) is 60.2 Å². The van der Waals surface area contributed by atoms with Crippen molar-refractivity contribution < 1.29 is 17.9 Å². The lowest BCUT2D eigenvalue weighted by Gasteiger charge is -2.10. The largest absolute Gasteiger partial charge is 0.497 e. The molecule has 0 atom stereocenters. The molecule has 0 aliphatic carbocycles. The molecule has 1 amide bonds. The number of nitrogens with zero attached hydrogens (tertiary/aromatic N) is 2. The number of nitrogens with one attached hydrogen (secondary N) is 2. The zero-order valence-electron chi connectivity index (χ0n) is 16.6. The maximum Gasteiger partial charge on any atom is 0.264 e. The highest BCUT2D eigenvalue weighted by Gasteiger charge is 2.16. The van der Waals surface area contributed by atoms with Gasteiger partial charge in [-0.25, -0.2) is 23.1 Å². The molecule has 0 radical (unpaired) electrons. The van der Waals surface area contributed by atoms with Gasteiger partial charge in [0, 0.05) is 23.6 Å². The summed E-state index contributed by atoms with van der Waals surface area (Å²) >= 11 is 1.51. The summed E-state index contributed by atoms with van der Waals surface area (Å²) in [6, 6.07) is 13.8. The van der Waals surface area contributed by atoms with E-state index in [1.807, 2.05) is 34.4 Å². The molecule has 0 fully saturated rings. The molecule has 0 spiro atoms. The van der Waals surface area contributed by atoms with E-state index in [0.29, 0.717) is 11.5 Å². The van der Waals surface area contributed by atoms with Crippen molar-refractivity contribution in [2.75, 3.05) is 12.4 Å². The van der Waals surface area contributed by atoms with Crippen LogP contribution in [-0.4, -0.2) is 31.4 Å². The second-order valence-corrected chi connectivity index (χ2v) is 9.13. The Morgan fingerprint density at radius 3 is 2.39 bits per heavy atom. The van der Waals surface area contributed by atoms with Crippen molar-refractivity contribution in [2.45, 2.75) is 11.8 Å². The van der Waals surface area contributed by atoms with Gasteiger partial charge >= 0.3 is 0 Å². The number of carbonyl (C=O) groups is 1. The van der Waals surface area contributed by atoms with E-state index in [1.54, 1.807) is 19.2 Å². The zero-order chi connectivity index (χ0) is 22.0. The number of ether oxygens (including phenoxy) is 1. The van der Waals surface area contributed by atoms with Gasteiger partial charge in [0.2, 0.25) is 5.91 Å². The summed E-state index contributed by atoms with van der Waals surface area (Å²) in [5, 5.41) is 6.13. The summed E-state index contributed by atoms with van der Waals surface area (Å²) in [6.45, 7) is 1.15. The van der Waals surface area contributed by atoms with E-state index in [0.717, 1.165) is 34.0 Å². The second-order valence-electron chi connectivity index (χ2n) is 6.59. The van der Waals surface area contributed by atoms with Crippen molar-refractivity contribution >= 4 is 49.0 Å². The third-order valence-corrected chi connectivity index (χ3v) is 6.81. The molecule has 0 unspecified atom stereocenters. The second kappa shape index (κ2) is 8.32. The first kappa shape index (κ1) is 20.8. The molecule has 2 aromatic carbocycles. The van der Waals surface area contributed by atoms with Gasteiger partial charge in [-0.2, -0.15) is 0 Å². The lowest BCUT2D eigenvalue weighted by molar-refractivity contribution is -0.117. The van der Waals surface area contributed by atoms with Gasteiger partial charge < -0.3 is 10.1 Å². The molecular formula is C21H18N4O4S2. The van der Waals surface area contributed by atoms with Crippen molar-refractivity contribution in [3.63, 3.8) is 0 Å². The standard InChI is InChI=1S/C21H18N4O4S2/c1-13(26)25-31(27,28)17-9-5-15(6-10-17)24-20-19-18(11-30-21(19)23-12-22-20)14-3-7-16(29-2)8-4-14/h3-12H,1-2H3,(H,25,26)(H,22,23,24). The maximum absolute atomic E-state index is 12.1. The molecule has 10 heteroatoms. The Hall–Kier alpha value is -3.50. The molecule has 2 N–H and O–H groups in total. The fourth-order valence-corrected chi connectivity index (χ4v) is 4.96. The quantitative estimate of drug-likeness (QED) is 0.454. The van der Waals surface area contributed by atoms with Crippen LogP contribution in [0.3, 0.4) is 0 Å². The number of rotatable bonds is 6. The monoisotopic (exact) mass is 454 g/mol. The number of fused-ring (bicyclic) bond motifs is 1. The van der Waals surface area contributed by atoms with Crippen LogP contribution in [0.5, 0.6) is 5.75 Å². The van der Waals surface area contributed by atoms with Gasteiger partial charge in [-0.1, -0.05) is 12.1 Å². The SMILES string of the molecule is COc1ccc(-c2csc3ncnc(Nc4ccc(S(=O)(=O)NC(C)=O)cc4)c23)cc1. The molecule has 0 bridgehead atoms. The molecule has 2 heterocycles. The zero-order valence-corrected chi connectivity index (χ0v) is 18.3. The Morgan fingerprint density at radius 2 is 1.74 bits per heavy atom. The van der Waals surface area contributed by atoms with E-state index in [1.165, 1.54) is 29.8 Å². The van der Waals surface area contributed by atoms with Crippen molar-refractivity contribution in [1.82, 2.24) is 14.7 Å². The van der Waals surface area contributed by atoms with Gasteiger partial charge in [-0.15, -0.1) is 11.3 Å². The number of aromatic nitrogens is 2. The summed E-state index contributed by atoms with van der Waals surface area (Å²) in [7, 11) is -2.26. The van der Waals surface area contributed by atoms with E-state index in [-0.39, 0.29) is 4.90 Å². The predicted molar refractivity (Wildman–Crippen MR) is 120 cm³/mol. The minimum absolute atomic E-state index is 0.00413. The van der Waals surface area contributed by atoms with Gasteiger partial charge in [0.15, 0.2) is 0 Å². The van der Waals surface area contributed by atoms with Gasteiger partial charge in [0.1, 0.15) is 22.7 Å². The lowest BCUT2D eigenvalue weighted by Crippen LogP contribution is -2.28. The normalized spacial score (nSPS) is 11.3. The van der Waals surface area contributed by atoms with Crippen LogP contribution < -0.4 is 14.8 Å². The first-order chi connectivity index (χ1) is 14.9. The van der Waals surface area contributed by atoms with E-state index in [2.05, 4.69) is 15.3 Å². The Bertz CT molecular complexity index is 1350. The highest BCUT2D eigenvalue weighted by Crippen LogP contribution is 2.37. The van der Waals surface area contributed by atoms with Gasteiger partial charge in [0.25, 0.3) is 10.0 Å². The number of benzene rings is 2. The number of methoxy groups -OCH3 is 1. The van der Waals surface area contributed by atoms with E-state index < -0.39 is 15.9 Å². The number of hydrogen-bond donors (Lipinski definition) is 2. The predicted octanol–water partition coefficient (Wildman–Crippen LogP) is 3.94. The minimum atomic E-state index is -3.88. The van der Waals surface area contributed by atoms with Crippen LogP contribution in [0, 0.1) is 0 Å². The number of sulfonamides is 1. The summed E-state index contributed by atoms with van der Waals surface area (Å²) in [5.41, 5.74) is 2.63. The molecule has 0 aliphatic rings. The molecule has 0 saturated heterocycles. The first-order valence-electron chi connectivity index (χ1n) is 9.14. The molecular weight excluding hydrogens is 436 g/mol. The number of hydrogen-bond acceptors (Lipinski definition) is 8. The fourth-order valence-electron chi connectivity index (χ4n) is 3.06. The van der Waals surface area contributed by atoms with Crippen molar-refractivity contribution in [2.24, 2.45) is 0 Å². The van der Waals surface area contributed by atoms with Crippen LogP contribution in [0.2, 0.25) is 0 Å². The van der Waals surface area contributed by atoms with Crippen LogP contribution in [0.25, 0.3) is 21.3 Å². The summed E-state index contributed by atoms with van der Waals surface area (Å²) in [5.74, 6) is 0.732. The number of amides is 1. The molecule has 8 nitrogen and oxygen atoms in total. The van der Waals surface area contributed by atoms with E-state index in [4.69, 9.17) is 4.74 Å². The molecule has 0 aliphatic heterocycles. The average Bonchev–Trinajstić information content (AvgIpc) is 3.18. The Kier molecular flexibility index (Phi) is 5.57. The average molecular weight is 455 g/mol. The highest BCUT2D eigenvalue weighted by atomic mass is 32.2. The van der Waals surface area contributed by atoms with Gasteiger partial charge in [-0.3, -0.25) is 4.79 Å². The molecule has 158 valence electrons. The van der Waals surface area contributed by atoms with Gasteiger partial charge in [0.05, 0.1) is 17.4 Å². The van der Waals surface area contributed by atoms with Crippen LogP contribution >= 0.6 is 11.3 Å². The Morgan fingerprint density at radius 1 is 1.03 bits per heavy atom. The van der Waals surface area contributed by atoms with Crippen LogP contribution in [-0.2, 0) is 14.8 Å². The fraction of sp³-hybridized carbons (Fsp3) is 0.0952.